The van der Waals surface area contributed by atoms with E-state index in [4.69, 9.17) is 9.15 Å². The minimum absolute atomic E-state index is 0.140. The lowest BCUT2D eigenvalue weighted by atomic mass is 9.78. The molecular weight excluding hydrogens is 318 g/mol. The molecule has 140 valence electrons. The van der Waals surface area contributed by atoms with Crippen LogP contribution in [0.1, 0.15) is 74.9 Å². The molecule has 1 aliphatic heterocycles. The van der Waals surface area contributed by atoms with Gasteiger partial charge in [-0.05, 0) is 36.7 Å². The van der Waals surface area contributed by atoms with Crippen molar-refractivity contribution in [2.75, 3.05) is 19.8 Å². The Bertz CT molecular complexity index is 580. The van der Waals surface area contributed by atoms with Gasteiger partial charge in [0.15, 0.2) is 0 Å². The molecule has 2 heterocycles. The number of aliphatic hydroxyl groups is 1. The van der Waals surface area contributed by atoms with Gasteiger partial charge in [-0.1, -0.05) is 26.7 Å². The fourth-order valence-electron chi connectivity index (χ4n) is 4.59. The van der Waals surface area contributed by atoms with E-state index in [0.29, 0.717) is 49.8 Å². The summed E-state index contributed by atoms with van der Waals surface area (Å²) in [5, 5.41) is 14.0. The van der Waals surface area contributed by atoms with Crippen molar-refractivity contribution in [3.63, 3.8) is 0 Å². The Hall–Kier alpha value is -1.33. The Labute approximate surface area is 150 Å². The van der Waals surface area contributed by atoms with E-state index in [0.717, 1.165) is 6.42 Å². The smallest absolute Gasteiger partial charge is 0.254 e. The largest absolute Gasteiger partial charge is 0.465 e. The Kier molecular flexibility index (Phi) is 5.54. The summed E-state index contributed by atoms with van der Waals surface area (Å²) in [5.74, 6) is 0.874. The quantitative estimate of drug-likeness (QED) is 0.823. The summed E-state index contributed by atoms with van der Waals surface area (Å²) in [6.07, 6.45) is 8.43. The number of carbonyl (C=O) groups excluding carboxylic acids is 1. The van der Waals surface area contributed by atoms with Gasteiger partial charge < -0.3 is 19.6 Å². The highest BCUT2D eigenvalue weighted by atomic mass is 16.5. The van der Waals surface area contributed by atoms with Crippen LogP contribution in [0.5, 0.6) is 0 Å². The van der Waals surface area contributed by atoms with Crippen molar-refractivity contribution in [3.05, 3.63) is 23.7 Å². The molecule has 2 N–H and O–H groups in total. The molecule has 25 heavy (non-hydrogen) atoms. The monoisotopic (exact) mass is 349 g/mol. The molecule has 1 aromatic rings. The third-order valence-corrected chi connectivity index (χ3v) is 5.78. The van der Waals surface area contributed by atoms with Crippen LogP contribution < -0.4 is 5.32 Å². The average molecular weight is 349 g/mol. The lowest BCUT2D eigenvalue weighted by Gasteiger charge is -2.32. The van der Waals surface area contributed by atoms with Crippen LogP contribution in [-0.2, 0) is 10.3 Å². The lowest BCUT2D eigenvalue weighted by Crippen LogP contribution is -2.39. The van der Waals surface area contributed by atoms with Crippen LogP contribution in [0.15, 0.2) is 16.7 Å². The Morgan fingerprint density at radius 2 is 1.92 bits per heavy atom. The summed E-state index contributed by atoms with van der Waals surface area (Å²) in [7, 11) is 0. The second kappa shape index (κ2) is 7.50. The summed E-state index contributed by atoms with van der Waals surface area (Å²) < 4.78 is 10.8. The second-order valence-corrected chi connectivity index (χ2v) is 8.30. The van der Waals surface area contributed by atoms with E-state index in [-0.39, 0.29) is 11.3 Å². The van der Waals surface area contributed by atoms with Gasteiger partial charge in [0.2, 0.25) is 0 Å². The zero-order valence-corrected chi connectivity index (χ0v) is 15.5. The molecule has 0 bridgehead atoms. The molecular formula is C20H31NO4. The maximum atomic E-state index is 12.8. The summed E-state index contributed by atoms with van der Waals surface area (Å²) in [5.41, 5.74) is -0.414. The van der Waals surface area contributed by atoms with E-state index in [1.807, 2.05) is 0 Å². The molecule has 5 heteroatoms. The summed E-state index contributed by atoms with van der Waals surface area (Å²) >= 11 is 0. The Balaban J connectivity index is 1.69. The highest BCUT2D eigenvalue weighted by Gasteiger charge is 2.39. The van der Waals surface area contributed by atoms with E-state index in [2.05, 4.69) is 19.2 Å². The first-order chi connectivity index (χ1) is 11.9. The topological polar surface area (TPSA) is 71.7 Å². The van der Waals surface area contributed by atoms with Gasteiger partial charge in [0.1, 0.15) is 11.4 Å². The molecule has 1 aromatic heterocycles. The van der Waals surface area contributed by atoms with E-state index in [1.54, 1.807) is 6.07 Å². The lowest BCUT2D eigenvalue weighted by molar-refractivity contribution is -0.0804. The molecule has 0 aromatic carbocycles. The predicted molar refractivity (Wildman–Crippen MR) is 95.3 cm³/mol. The average Bonchev–Trinajstić information content (AvgIpc) is 3.23. The van der Waals surface area contributed by atoms with Crippen molar-refractivity contribution in [2.45, 2.75) is 64.4 Å². The minimum Gasteiger partial charge on any atom is -0.465 e. The van der Waals surface area contributed by atoms with E-state index >= 15 is 0 Å². The van der Waals surface area contributed by atoms with Crippen LogP contribution >= 0.6 is 0 Å². The van der Waals surface area contributed by atoms with Crippen LogP contribution in [0.3, 0.4) is 0 Å². The van der Waals surface area contributed by atoms with Gasteiger partial charge in [-0.2, -0.15) is 0 Å². The Morgan fingerprint density at radius 3 is 2.56 bits per heavy atom. The highest BCUT2D eigenvalue weighted by molar-refractivity contribution is 5.95. The van der Waals surface area contributed by atoms with Crippen molar-refractivity contribution in [1.82, 2.24) is 5.32 Å². The van der Waals surface area contributed by atoms with Crippen molar-refractivity contribution >= 4 is 5.91 Å². The van der Waals surface area contributed by atoms with Crippen molar-refractivity contribution < 1.29 is 19.1 Å². The molecule has 0 atom stereocenters. The first-order valence-corrected chi connectivity index (χ1v) is 9.60. The molecule has 0 radical (unpaired) electrons. The van der Waals surface area contributed by atoms with Crippen LogP contribution in [0.4, 0.5) is 0 Å². The number of furan rings is 1. The molecule has 0 spiro atoms. The van der Waals surface area contributed by atoms with Gasteiger partial charge in [-0.15, -0.1) is 0 Å². The summed E-state index contributed by atoms with van der Waals surface area (Å²) in [4.78, 5) is 12.8. The maximum absolute atomic E-state index is 12.8. The van der Waals surface area contributed by atoms with Gasteiger partial charge in [-0.3, -0.25) is 4.79 Å². The number of amides is 1. The number of hydrogen-bond donors (Lipinski definition) is 2. The summed E-state index contributed by atoms with van der Waals surface area (Å²) in [6, 6.07) is 1.67. The molecule has 0 unspecified atom stereocenters. The van der Waals surface area contributed by atoms with Crippen LogP contribution in [-0.4, -0.2) is 30.8 Å². The highest BCUT2D eigenvalue weighted by Crippen LogP contribution is 2.42. The second-order valence-electron chi connectivity index (χ2n) is 8.30. The van der Waals surface area contributed by atoms with Crippen LogP contribution in [0.25, 0.3) is 0 Å². The van der Waals surface area contributed by atoms with Gasteiger partial charge in [0, 0.05) is 32.6 Å². The third-order valence-electron chi connectivity index (χ3n) is 5.78. The number of ether oxygens (including phenoxy) is 1. The van der Waals surface area contributed by atoms with Gasteiger partial charge >= 0.3 is 0 Å². The molecule has 1 saturated heterocycles. The molecule has 1 aliphatic carbocycles. The van der Waals surface area contributed by atoms with Gasteiger partial charge in [0.05, 0.1) is 11.8 Å². The van der Waals surface area contributed by atoms with Gasteiger partial charge in [-0.25, -0.2) is 0 Å². The SMILES string of the molecule is CC(C)CC1(CNC(=O)c2ccoc2C2(O)CCOCC2)CCCC1. The third kappa shape index (κ3) is 4.09. The zero-order valence-electron chi connectivity index (χ0n) is 15.5. The molecule has 3 rings (SSSR count). The fraction of sp³-hybridized carbons (Fsp3) is 0.750. The Morgan fingerprint density at radius 1 is 1.24 bits per heavy atom. The van der Waals surface area contributed by atoms with E-state index < -0.39 is 5.60 Å². The molecule has 2 fully saturated rings. The minimum atomic E-state index is -1.10. The summed E-state index contributed by atoms with van der Waals surface area (Å²) in [6.45, 7) is 6.16. The van der Waals surface area contributed by atoms with Gasteiger partial charge in [0.25, 0.3) is 5.91 Å². The first-order valence-electron chi connectivity index (χ1n) is 9.60. The first kappa shape index (κ1) is 18.5. The maximum Gasteiger partial charge on any atom is 0.254 e. The van der Waals surface area contributed by atoms with Crippen molar-refractivity contribution in [2.24, 2.45) is 11.3 Å². The van der Waals surface area contributed by atoms with Crippen molar-refractivity contribution in [3.8, 4) is 0 Å². The normalized spacial score (nSPS) is 22.2. The predicted octanol–water partition coefficient (Wildman–Crippen LogP) is 3.61. The van der Waals surface area contributed by atoms with E-state index in [9.17, 15) is 9.90 Å². The van der Waals surface area contributed by atoms with E-state index in [1.165, 1.54) is 31.9 Å². The van der Waals surface area contributed by atoms with Crippen molar-refractivity contribution in [1.29, 1.82) is 0 Å². The molecule has 5 nitrogen and oxygen atoms in total. The number of hydrogen-bond acceptors (Lipinski definition) is 4. The molecule has 2 aliphatic rings. The van der Waals surface area contributed by atoms with Crippen LogP contribution in [0, 0.1) is 11.3 Å². The van der Waals surface area contributed by atoms with Crippen LogP contribution in [0.2, 0.25) is 0 Å². The zero-order chi connectivity index (χ0) is 17.9. The fourth-order valence-corrected chi connectivity index (χ4v) is 4.59. The number of rotatable bonds is 6. The molecule has 1 amide bonds. The standard InChI is InChI=1S/C20H31NO4/c1-15(2)13-19(6-3-4-7-19)14-21-18(22)16-5-10-25-17(16)20(23)8-11-24-12-9-20/h5,10,15,23H,3-4,6-9,11-14H2,1-2H3,(H,21,22). The molecule has 1 saturated carbocycles. The number of nitrogens with one attached hydrogen (secondary N) is 1. The number of carbonyl (C=O) groups is 1.